The van der Waals surface area contributed by atoms with Crippen molar-refractivity contribution in [3.05, 3.63) is 242 Å². The van der Waals surface area contributed by atoms with E-state index in [2.05, 4.69) is 240 Å². The zero-order valence-corrected chi connectivity index (χ0v) is 35.5. The summed E-state index contributed by atoms with van der Waals surface area (Å²) in [4.78, 5) is 2.30. The summed E-state index contributed by atoms with van der Waals surface area (Å²) in [7, 11) is 0. The highest BCUT2D eigenvalue weighted by Gasteiger charge is 2.24. The number of halogens is 1. The average Bonchev–Trinajstić information content (AvgIpc) is 3.92. The van der Waals surface area contributed by atoms with Crippen molar-refractivity contribution in [2.24, 2.45) is 0 Å². The zero-order valence-electron chi connectivity index (χ0n) is 34.7. The Morgan fingerprint density at radius 2 is 0.906 bits per heavy atom. The summed E-state index contributed by atoms with van der Waals surface area (Å²) in [6.45, 7) is 0. The molecule has 0 radical (unpaired) electrons. The molecular weight excluding hydrogens is 800 g/mol. The Bertz CT molecular complexity index is 3570. The van der Waals surface area contributed by atoms with E-state index < -0.39 is 0 Å². The van der Waals surface area contributed by atoms with Gasteiger partial charge in [0.15, 0.2) is 5.58 Å². The smallest absolute Gasteiger partial charge is 0.160 e. The van der Waals surface area contributed by atoms with Crippen molar-refractivity contribution in [3.8, 4) is 50.2 Å². The monoisotopic (exact) mass is 838 g/mol. The van der Waals surface area contributed by atoms with Crippen molar-refractivity contribution in [1.29, 1.82) is 0 Å². The Balaban J connectivity index is 1.08. The van der Waals surface area contributed by atoms with Crippen LogP contribution in [-0.4, -0.2) is 4.57 Å². The van der Waals surface area contributed by atoms with E-state index in [4.69, 9.17) is 16.0 Å². The summed E-state index contributed by atoms with van der Waals surface area (Å²) in [5, 5.41) is 4.99. The highest BCUT2D eigenvalue weighted by molar-refractivity contribution is 6.32. The van der Waals surface area contributed by atoms with Crippen LogP contribution in [0.3, 0.4) is 0 Å². The van der Waals surface area contributed by atoms with Gasteiger partial charge in [0.25, 0.3) is 0 Å². The zero-order chi connectivity index (χ0) is 42.6. The summed E-state index contributed by atoms with van der Waals surface area (Å²) in [5.74, 6) is 0. The lowest BCUT2D eigenvalue weighted by Crippen LogP contribution is -2.10. The lowest BCUT2D eigenvalue weighted by atomic mass is 9.96. The van der Waals surface area contributed by atoms with Crippen molar-refractivity contribution in [2.75, 3.05) is 4.90 Å². The van der Waals surface area contributed by atoms with Gasteiger partial charge >= 0.3 is 0 Å². The lowest BCUT2D eigenvalue weighted by Gasteiger charge is -2.27. The molecule has 4 heteroatoms. The average molecular weight is 839 g/mol. The molecule has 0 N–H and O–H groups in total. The van der Waals surface area contributed by atoms with Crippen LogP contribution in [0.1, 0.15) is 0 Å². The van der Waals surface area contributed by atoms with Crippen LogP contribution in [0.25, 0.3) is 93.9 Å². The molecule has 0 atom stereocenters. The Kier molecular flexibility index (Phi) is 9.21. The molecule has 64 heavy (non-hydrogen) atoms. The van der Waals surface area contributed by atoms with E-state index in [1.807, 2.05) is 6.07 Å². The van der Waals surface area contributed by atoms with Crippen LogP contribution in [0.15, 0.2) is 241 Å². The van der Waals surface area contributed by atoms with Gasteiger partial charge < -0.3 is 13.9 Å². The fraction of sp³-hybridized carbons (Fsp3) is 0. The van der Waals surface area contributed by atoms with E-state index in [1.54, 1.807) is 0 Å². The second kappa shape index (κ2) is 15.7. The van der Waals surface area contributed by atoms with E-state index in [9.17, 15) is 0 Å². The predicted molar refractivity (Wildman–Crippen MR) is 269 cm³/mol. The first-order chi connectivity index (χ1) is 31.6. The Hall–Kier alpha value is -8.11. The molecule has 3 nitrogen and oxygen atoms in total. The Morgan fingerprint density at radius 1 is 0.375 bits per heavy atom. The molecule has 0 spiro atoms. The van der Waals surface area contributed by atoms with Gasteiger partial charge in [0.1, 0.15) is 5.58 Å². The molecule has 0 saturated carbocycles. The molecule has 302 valence electrons. The number of aromatic nitrogens is 1. The Morgan fingerprint density at radius 3 is 1.55 bits per heavy atom. The third-order valence-electron chi connectivity index (χ3n) is 12.4. The maximum Gasteiger partial charge on any atom is 0.160 e. The number of fused-ring (bicyclic) bond motifs is 7. The van der Waals surface area contributed by atoms with Crippen LogP contribution in [0.4, 0.5) is 17.1 Å². The third-order valence-corrected chi connectivity index (χ3v) is 12.6. The molecule has 2 aromatic heterocycles. The molecule has 12 aromatic rings. The van der Waals surface area contributed by atoms with E-state index in [1.165, 1.54) is 16.7 Å². The molecule has 0 bridgehead atoms. The number of rotatable bonds is 8. The van der Waals surface area contributed by atoms with Gasteiger partial charge in [-0.3, -0.25) is 0 Å². The first-order valence-corrected chi connectivity index (χ1v) is 22.0. The summed E-state index contributed by atoms with van der Waals surface area (Å²) in [6.07, 6.45) is 0. The Labute approximate surface area is 376 Å². The molecule has 0 saturated heterocycles. The van der Waals surface area contributed by atoms with E-state index in [0.717, 1.165) is 94.3 Å². The van der Waals surface area contributed by atoms with Crippen LogP contribution in [0, 0.1) is 0 Å². The molecule has 10 aromatic carbocycles. The summed E-state index contributed by atoms with van der Waals surface area (Å²) in [6, 6.07) is 83.7. The molecule has 0 amide bonds. The topological polar surface area (TPSA) is 21.3 Å². The molecular formula is C60H39ClN2O. The van der Waals surface area contributed by atoms with Gasteiger partial charge in [0, 0.05) is 49.3 Å². The van der Waals surface area contributed by atoms with Crippen molar-refractivity contribution in [2.45, 2.75) is 0 Å². The van der Waals surface area contributed by atoms with Crippen molar-refractivity contribution >= 4 is 72.4 Å². The van der Waals surface area contributed by atoms with Crippen molar-refractivity contribution in [1.82, 2.24) is 4.57 Å². The molecule has 0 aliphatic carbocycles. The minimum atomic E-state index is 0.639. The van der Waals surface area contributed by atoms with Crippen LogP contribution < -0.4 is 4.90 Å². The number of nitrogens with zero attached hydrogens (tertiary/aromatic N) is 2. The lowest BCUT2D eigenvalue weighted by molar-refractivity contribution is 0.671. The van der Waals surface area contributed by atoms with Crippen LogP contribution in [0.2, 0.25) is 5.02 Å². The number of furan rings is 1. The van der Waals surface area contributed by atoms with Gasteiger partial charge in [-0.25, -0.2) is 0 Å². The van der Waals surface area contributed by atoms with E-state index in [-0.39, 0.29) is 0 Å². The van der Waals surface area contributed by atoms with E-state index >= 15 is 0 Å². The number of hydrogen-bond donors (Lipinski definition) is 0. The maximum atomic E-state index is 7.28. The highest BCUT2D eigenvalue weighted by Crippen LogP contribution is 2.47. The quantitative estimate of drug-likeness (QED) is 0.152. The second-order valence-electron chi connectivity index (χ2n) is 16.3. The van der Waals surface area contributed by atoms with Gasteiger partial charge in [0.05, 0.1) is 11.0 Å². The maximum absolute atomic E-state index is 7.28. The summed E-state index contributed by atoms with van der Waals surface area (Å²) >= 11 is 7.28. The van der Waals surface area contributed by atoms with Gasteiger partial charge in [-0.2, -0.15) is 0 Å². The van der Waals surface area contributed by atoms with Gasteiger partial charge in [-0.15, -0.1) is 0 Å². The SMILES string of the molecule is Clc1cc(-c2cc3c4ccccc4n(-c4cccc(-c5ccccc5)c4)c3c3oc4ccccc4c23)cc(N(c2ccc(-c3ccccc3)cc2)c2ccc(-c3ccccc3)cc2)c1. The highest BCUT2D eigenvalue weighted by atomic mass is 35.5. The summed E-state index contributed by atoms with van der Waals surface area (Å²) in [5.41, 5.74) is 16.9. The van der Waals surface area contributed by atoms with Crippen LogP contribution in [0.5, 0.6) is 0 Å². The molecule has 0 aliphatic rings. The van der Waals surface area contributed by atoms with Crippen LogP contribution in [-0.2, 0) is 0 Å². The summed E-state index contributed by atoms with van der Waals surface area (Å²) < 4.78 is 9.38. The minimum absolute atomic E-state index is 0.639. The predicted octanol–water partition coefficient (Wildman–Crippen LogP) is 17.5. The second-order valence-corrected chi connectivity index (χ2v) is 16.7. The van der Waals surface area contributed by atoms with Crippen molar-refractivity contribution in [3.63, 3.8) is 0 Å². The molecule has 12 rings (SSSR count). The fourth-order valence-corrected chi connectivity index (χ4v) is 9.68. The minimum Gasteiger partial charge on any atom is -0.454 e. The molecule has 2 heterocycles. The molecule has 0 aliphatic heterocycles. The number of benzene rings is 10. The number of hydrogen-bond acceptors (Lipinski definition) is 2. The van der Waals surface area contributed by atoms with Gasteiger partial charge in [-0.1, -0.05) is 175 Å². The van der Waals surface area contributed by atoms with E-state index in [0.29, 0.717) is 5.02 Å². The van der Waals surface area contributed by atoms with Crippen molar-refractivity contribution < 1.29 is 4.42 Å². The van der Waals surface area contributed by atoms with Crippen LogP contribution >= 0.6 is 11.6 Å². The third kappa shape index (κ3) is 6.53. The molecule has 0 unspecified atom stereocenters. The fourth-order valence-electron chi connectivity index (χ4n) is 9.46. The van der Waals surface area contributed by atoms with Gasteiger partial charge in [-0.05, 0) is 117 Å². The first kappa shape index (κ1) is 37.6. The normalized spacial score (nSPS) is 11.5. The largest absolute Gasteiger partial charge is 0.454 e. The number of para-hydroxylation sites is 2. The van der Waals surface area contributed by atoms with Gasteiger partial charge in [0.2, 0.25) is 0 Å². The standard InChI is InChI=1S/C60H39ClN2O/c61-47-35-46(37-51(38-47)62(48-31-27-43(28-32-48)40-15-4-1-5-16-40)49-33-29-44(30-34-49)41-17-6-2-7-18-41)54-39-55-52-23-10-12-25-56(52)63(50-22-14-21-45(36-50)42-19-8-3-9-20-42)59(55)60-58(54)53-24-11-13-26-57(53)64-60/h1-39H. The number of anilines is 3. The first-order valence-electron chi connectivity index (χ1n) is 21.6. The molecule has 0 fully saturated rings.